The molecule has 0 aliphatic carbocycles. The predicted octanol–water partition coefficient (Wildman–Crippen LogP) is 9.59. The van der Waals surface area contributed by atoms with Crippen molar-refractivity contribution in [2.45, 2.75) is 146 Å². The number of benzene rings is 1. The fraction of sp³-hybridized carbons (Fsp3) is 0.615. The number of carbonyl (C=O) groups excluding carboxylic acids is 2. The Morgan fingerprint density at radius 3 is 1.62 bits per heavy atom. The van der Waals surface area contributed by atoms with Crippen molar-refractivity contribution in [2.75, 3.05) is 0 Å². The van der Waals surface area contributed by atoms with Crippen LogP contribution in [0.5, 0.6) is 0 Å². The van der Waals surface area contributed by atoms with Crippen LogP contribution in [-0.4, -0.2) is 17.4 Å². The number of aryl methyl sites for hydroxylation is 1. The van der Waals surface area contributed by atoms with Gasteiger partial charge in [-0.15, -0.1) is 17.7 Å². The predicted molar refractivity (Wildman–Crippen MR) is 187 cm³/mol. The molecule has 1 aromatic carbocycles. The zero-order valence-electron chi connectivity index (χ0n) is 31.2. The molecule has 0 aromatic heterocycles. The number of ether oxygens (including phenoxy) is 1. The van der Waals surface area contributed by atoms with Crippen molar-refractivity contribution in [3.05, 3.63) is 77.8 Å². The molecule has 3 nitrogen and oxygen atoms in total. The molecule has 1 aromatic rings. The average molecular weight is 659 g/mol. The molecular formula is C39H65F2KO3. The molecule has 0 aliphatic rings. The van der Waals surface area contributed by atoms with E-state index >= 15 is 0 Å². The summed E-state index contributed by atoms with van der Waals surface area (Å²) in [5.74, 6) is 1.59. The van der Waals surface area contributed by atoms with Crippen LogP contribution in [0, 0.1) is 25.2 Å². The zero-order chi connectivity index (χ0) is 34.7. The maximum Gasteiger partial charge on any atom is 1.00 e. The first-order chi connectivity index (χ1) is 20.5. The van der Waals surface area contributed by atoms with E-state index < -0.39 is 6.43 Å². The molecule has 0 fully saturated rings. The molecule has 0 bridgehead atoms. The SMILES string of the molecule is C=C(/C=C\C(=C/C)C(C)=O)CC(CCC)CCC.CC(=O)OC(C)(C)C.CCCC(C)CCC.Cc1ccc([C-](F)F)cc1.[K+]. The van der Waals surface area contributed by atoms with Gasteiger partial charge in [-0.3, -0.25) is 18.4 Å². The van der Waals surface area contributed by atoms with Gasteiger partial charge in [0.15, 0.2) is 12.2 Å². The van der Waals surface area contributed by atoms with Gasteiger partial charge in [0.2, 0.25) is 0 Å². The third-order valence-corrected chi connectivity index (χ3v) is 6.44. The van der Waals surface area contributed by atoms with Gasteiger partial charge in [-0.05, 0) is 59.8 Å². The summed E-state index contributed by atoms with van der Waals surface area (Å²) in [6.07, 6.45) is 15.7. The smallest absolute Gasteiger partial charge is 0.460 e. The molecule has 0 radical (unpaired) electrons. The van der Waals surface area contributed by atoms with Gasteiger partial charge in [-0.25, -0.2) is 0 Å². The summed E-state index contributed by atoms with van der Waals surface area (Å²) >= 11 is 0. The van der Waals surface area contributed by atoms with Gasteiger partial charge < -0.3 is 4.74 Å². The van der Waals surface area contributed by atoms with E-state index in [9.17, 15) is 18.4 Å². The summed E-state index contributed by atoms with van der Waals surface area (Å²) < 4.78 is 28.4. The maximum absolute atomic E-state index is 11.8. The van der Waals surface area contributed by atoms with E-state index in [-0.39, 0.29) is 74.3 Å². The Balaban J connectivity index is -0.000000265. The van der Waals surface area contributed by atoms with Gasteiger partial charge >= 0.3 is 57.4 Å². The Hall–Kier alpha value is -1.05. The van der Waals surface area contributed by atoms with Crippen LogP contribution in [-0.2, 0) is 14.3 Å². The minimum atomic E-state index is -1.62. The summed E-state index contributed by atoms with van der Waals surface area (Å²) in [6, 6.07) is 6.14. The number of carbonyl (C=O) groups is 2. The standard InChI is InChI=1S/C17H28O.C8H7F2.C8H18.C6H12O2.K/c1-6-9-16(10-7-2)13-14(4)11-12-17(8-3)15(5)18;1-6-2-4-7(5-3-6)8(9)10;1-4-6-8(3)7-5-2;1-5(7)8-6(2,3)4;/h8,11-12,16H,4,6-7,9-10,13H2,1-3,5H3;2-5H,1H3;8H,4-7H2,1-3H3;1-4H3;/q;-1;;;+1/b12-11-,17-8+;;;;. The molecule has 0 unspecified atom stereocenters. The van der Waals surface area contributed by atoms with Crippen LogP contribution in [0.1, 0.15) is 145 Å². The molecule has 0 amide bonds. The molecule has 0 saturated heterocycles. The van der Waals surface area contributed by atoms with E-state index in [1.54, 1.807) is 19.1 Å². The van der Waals surface area contributed by atoms with Crippen molar-refractivity contribution < 1.29 is 74.5 Å². The van der Waals surface area contributed by atoms with Crippen molar-refractivity contribution in [1.82, 2.24) is 0 Å². The maximum atomic E-state index is 11.8. The van der Waals surface area contributed by atoms with Crippen LogP contribution >= 0.6 is 0 Å². The van der Waals surface area contributed by atoms with Crippen molar-refractivity contribution in [2.24, 2.45) is 11.8 Å². The number of halogens is 2. The Morgan fingerprint density at radius 1 is 0.889 bits per heavy atom. The molecule has 0 spiro atoms. The molecule has 0 aliphatic heterocycles. The second kappa shape index (κ2) is 31.5. The molecule has 1 rings (SSSR count). The fourth-order valence-corrected chi connectivity index (χ4v) is 4.47. The Labute approximate surface area is 319 Å². The van der Waals surface area contributed by atoms with E-state index in [0.29, 0.717) is 0 Å². The van der Waals surface area contributed by atoms with Crippen molar-refractivity contribution >= 4 is 11.8 Å². The molecular weight excluding hydrogens is 594 g/mol. The third kappa shape index (κ3) is 35.6. The van der Waals surface area contributed by atoms with Crippen LogP contribution in [0.3, 0.4) is 0 Å². The van der Waals surface area contributed by atoms with E-state index in [2.05, 4.69) is 41.2 Å². The summed E-state index contributed by atoms with van der Waals surface area (Å²) in [4.78, 5) is 21.5. The molecule has 0 N–H and O–H groups in total. The van der Waals surface area contributed by atoms with E-state index in [4.69, 9.17) is 4.74 Å². The number of rotatable bonds is 14. The second-order valence-corrected chi connectivity index (χ2v) is 12.5. The molecule has 45 heavy (non-hydrogen) atoms. The first kappa shape index (κ1) is 50.8. The Morgan fingerprint density at radius 2 is 1.33 bits per heavy atom. The molecule has 6 heteroatoms. The van der Waals surface area contributed by atoms with Gasteiger partial charge in [-0.1, -0.05) is 122 Å². The monoisotopic (exact) mass is 658 g/mol. The number of allylic oxidation sites excluding steroid dienone is 5. The van der Waals surface area contributed by atoms with Crippen LogP contribution in [0.25, 0.3) is 0 Å². The quantitative estimate of drug-likeness (QED) is 0.0658. The largest absolute Gasteiger partial charge is 1.00 e. The summed E-state index contributed by atoms with van der Waals surface area (Å²) in [5, 5.41) is 0. The molecule has 0 heterocycles. The molecule has 0 atom stereocenters. The van der Waals surface area contributed by atoms with Gasteiger partial charge in [0.1, 0.15) is 5.60 Å². The molecule has 0 saturated carbocycles. The van der Waals surface area contributed by atoms with Crippen LogP contribution in [0.4, 0.5) is 8.78 Å². The Bertz CT molecular complexity index is 932. The number of hydrogen-bond acceptors (Lipinski definition) is 3. The zero-order valence-corrected chi connectivity index (χ0v) is 34.4. The van der Waals surface area contributed by atoms with Crippen LogP contribution in [0.15, 0.2) is 60.2 Å². The fourth-order valence-electron chi connectivity index (χ4n) is 4.47. The normalized spacial score (nSPS) is 10.9. The Kier molecular flexibility index (Phi) is 35.6. The van der Waals surface area contributed by atoms with E-state index in [0.717, 1.165) is 35.0 Å². The average Bonchev–Trinajstić information content (AvgIpc) is 2.89. The van der Waals surface area contributed by atoms with Gasteiger partial charge in [-0.2, -0.15) is 12.1 Å². The number of hydrogen-bond donors (Lipinski definition) is 0. The van der Waals surface area contributed by atoms with E-state index in [1.165, 1.54) is 70.4 Å². The van der Waals surface area contributed by atoms with Crippen molar-refractivity contribution in [3.8, 4) is 0 Å². The number of Topliss-reactive ketones (excluding diaryl/α,β-unsaturated/α-hetero) is 1. The van der Waals surface area contributed by atoms with Crippen LogP contribution in [0.2, 0.25) is 0 Å². The van der Waals surface area contributed by atoms with Gasteiger partial charge in [0.25, 0.3) is 0 Å². The van der Waals surface area contributed by atoms with E-state index in [1.807, 2.05) is 52.8 Å². The third-order valence-electron chi connectivity index (χ3n) is 6.44. The number of ketones is 1. The van der Waals surface area contributed by atoms with Crippen molar-refractivity contribution in [3.63, 3.8) is 0 Å². The number of esters is 1. The first-order valence-corrected chi connectivity index (χ1v) is 16.4. The minimum absolute atomic E-state index is 0. The summed E-state index contributed by atoms with van der Waals surface area (Å²) in [7, 11) is 0. The first-order valence-electron chi connectivity index (χ1n) is 16.4. The minimum Gasteiger partial charge on any atom is -0.460 e. The molecule has 254 valence electrons. The second-order valence-electron chi connectivity index (χ2n) is 12.5. The van der Waals surface area contributed by atoms with Crippen molar-refractivity contribution in [1.29, 1.82) is 0 Å². The van der Waals surface area contributed by atoms with Crippen LogP contribution < -0.4 is 51.4 Å². The topological polar surface area (TPSA) is 43.4 Å². The summed E-state index contributed by atoms with van der Waals surface area (Å²) in [6.45, 7) is 27.7. The van der Waals surface area contributed by atoms with Gasteiger partial charge in [0.05, 0.1) is 0 Å². The van der Waals surface area contributed by atoms with Gasteiger partial charge in [0, 0.05) is 12.5 Å². The summed E-state index contributed by atoms with van der Waals surface area (Å²) in [5.41, 5.74) is 2.56.